The lowest BCUT2D eigenvalue weighted by molar-refractivity contribution is -0.0264. The Kier molecular flexibility index (Phi) is 2.79. The molecule has 1 aromatic rings. The van der Waals surface area contributed by atoms with E-state index in [0.717, 1.165) is 13.1 Å². The predicted molar refractivity (Wildman–Crippen MR) is 50.5 cm³/mol. The Morgan fingerprint density at radius 1 is 1.60 bits per heavy atom. The molecule has 6 heteroatoms. The first-order valence-electron chi connectivity index (χ1n) is 4.81. The van der Waals surface area contributed by atoms with Crippen LogP contribution >= 0.6 is 0 Å². The van der Waals surface area contributed by atoms with Gasteiger partial charge in [-0.1, -0.05) is 5.16 Å². The molecule has 1 unspecified atom stereocenters. The van der Waals surface area contributed by atoms with Gasteiger partial charge in [-0.25, -0.2) is 0 Å². The van der Waals surface area contributed by atoms with Gasteiger partial charge in [-0.05, 0) is 7.05 Å². The van der Waals surface area contributed by atoms with Crippen molar-refractivity contribution in [1.29, 1.82) is 0 Å². The van der Waals surface area contributed by atoms with Crippen molar-refractivity contribution in [3.63, 3.8) is 0 Å². The summed E-state index contributed by atoms with van der Waals surface area (Å²) in [5.41, 5.74) is 0. The second-order valence-corrected chi connectivity index (χ2v) is 3.64. The molecule has 2 heterocycles. The number of likely N-dealkylation sites (N-methyl/N-ethyl adjacent to an activating group) is 1. The Hall–Kier alpha value is -1.27. The van der Waals surface area contributed by atoms with Crippen LogP contribution in [0.3, 0.4) is 0 Å². The first-order valence-corrected chi connectivity index (χ1v) is 4.81. The van der Waals surface area contributed by atoms with E-state index in [1.807, 2.05) is 7.05 Å². The van der Waals surface area contributed by atoms with E-state index in [1.165, 1.54) is 6.92 Å². The van der Waals surface area contributed by atoms with Gasteiger partial charge in [-0.2, -0.15) is 4.98 Å². The van der Waals surface area contributed by atoms with Gasteiger partial charge in [-0.3, -0.25) is 4.79 Å². The molecule has 0 aliphatic carbocycles. The van der Waals surface area contributed by atoms with Crippen LogP contribution in [0.2, 0.25) is 0 Å². The third-order valence-corrected chi connectivity index (χ3v) is 2.30. The van der Waals surface area contributed by atoms with Gasteiger partial charge in [0.25, 0.3) is 5.89 Å². The van der Waals surface area contributed by atoms with Gasteiger partial charge in [0.05, 0.1) is 6.61 Å². The molecule has 82 valence electrons. The van der Waals surface area contributed by atoms with Gasteiger partial charge >= 0.3 is 0 Å². The van der Waals surface area contributed by atoms with E-state index >= 15 is 0 Å². The normalized spacial score (nSPS) is 22.9. The Morgan fingerprint density at radius 2 is 2.40 bits per heavy atom. The lowest BCUT2D eigenvalue weighted by atomic mass is 10.3. The first-order chi connectivity index (χ1) is 7.16. The molecular formula is C9H13N3O3. The average molecular weight is 211 g/mol. The Bertz CT molecular complexity index is 363. The molecule has 1 saturated heterocycles. The van der Waals surface area contributed by atoms with E-state index < -0.39 is 0 Å². The lowest BCUT2D eigenvalue weighted by Crippen LogP contribution is -2.35. The van der Waals surface area contributed by atoms with Crippen LogP contribution in [0, 0.1) is 0 Å². The first kappa shape index (κ1) is 10.3. The van der Waals surface area contributed by atoms with E-state index in [9.17, 15) is 4.79 Å². The SMILES string of the molecule is CC(=O)c1nc(C2CN(C)CCO2)no1. The summed E-state index contributed by atoms with van der Waals surface area (Å²) in [5, 5.41) is 3.74. The maximum absolute atomic E-state index is 11.0. The molecule has 0 saturated carbocycles. The molecule has 0 bridgehead atoms. The van der Waals surface area contributed by atoms with Gasteiger partial charge in [-0.15, -0.1) is 0 Å². The highest BCUT2D eigenvalue weighted by molar-refractivity contribution is 5.89. The number of hydrogen-bond acceptors (Lipinski definition) is 6. The summed E-state index contributed by atoms with van der Waals surface area (Å²) in [6, 6.07) is 0. The highest BCUT2D eigenvalue weighted by atomic mass is 16.5. The Morgan fingerprint density at radius 3 is 3.00 bits per heavy atom. The molecule has 0 aromatic carbocycles. The highest BCUT2D eigenvalue weighted by Crippen LogP contribution is 2.18. The van der Waals surface area contributed by atoms with E-state index in [0.29, 0.717) is 12.4 Å². The molecule has 2 rings (SSSR count). The number of hydrogen-bond donors (Lipinski definition) is 0. The van der Waals surface area contributed by atoms with Gasteiger partial charge in [0, 0.05) is 20.0 Å². The zero-order valence-corrected chi connectivity index (χ0v) is 8.77. The van der Waals surface area contributed by atoms with Crippen LogP contribution in [0.5, 0.6) is 0 Å². The van der Waals surface area contributed by atoms with Crippen molar-refractivity contribution in [2.45, 2.75) is 13.0 Å². The summed E-state index contributed by atoms with van der Waals surface area (Å²) in [6.45, 7) is 3.65. The van der Waals surface area contributed by atoms with Crippen molar-refractivity contribution in [3.05, 3.63) is 11.7 Å². The topological polar surface area (TPSA) is 68.5 Å². The number of nitrogens with zero attached hydrogens (tertiary/aromatic N) is 3. The van der Waals surface area contributed by atoms with Crippen molar-refractivity contribution < 1.29 is 14.1 Å². The van der Waals surface area contributed by atoms with E-state index in [2.05, 4.69) is 15.0 Å². The fourth-order valence-corrected chi connectivity index (χ4v) is 1.44. The number of rotatable bonds is 2. The second-order valence-electron chi connectivity index (χ2n) is 3.64. The molecule has 1 aliphatic heterocycles. The summed E-state index contributed by atoms with van der Waals surface area (Å²) >= 11 is 0. The largest absolute Gasteiger partial charge is 0.367 e. The molecule has 0 N–H and O–H groups in total. The lowest BCUT2D eigenvalue weighted by Gasteiger charge is -2.27. The second kappa shape index (κ2) is 4.08. The number of carbonyl (C=O) groups is 1. The summed E-state index contributed by atoms with van der Waals surface area (Å²) in [5.74, 6) is 0.270. The van der Waals surface area contributed by atoms with E-state index in [4.69, 9.17) is 9.26 Å². The van der Waals surface area contributed by atoms with Crippen molar-refractivity contribution in [2.24, 2.45) is 0 Å². The van der Waals surface area contributed by atoms with Crippen LogP contribution in [0.4, 0.5) is 0 Å². The maximum atomic E-state index is 11.0. The third-order valence-electron chi connectivity index (χ3n) is 2.30. The molecule has 0 radical (unpaired) electrons. The van der Waals surface area contributed by atoms with Crippen LogP contribution < -0.4 is 0 Å². The average Bonchev–Trinajstić information content (AvgIpc) is 2.66. The van der Waals surface area contributed by atoms with Gasteiger partial charge < -0.3 is 14.2 Å². The van der Waals surface area contributed by atoms with Gasteiger partial charge in [0.2, 0.25) is 11.6 Å². The van der Waals surface area contributed by atoms with Crippen molar-refractivity contribution in [1.82, 2.24) is 15.0 Å². The summed E-state index contributed by atoms with van der Waals surface area (Å²) in [6.07, 6.45) is -0.194. The van der Waals surface area contributed by atoms with Crippen LogP contribution in [-0.2, 0) is 4.74 Å². The molecule has 1 atom stereocenters. The van der Waals surface area contributed by atoms with Gasteiger partial charge in [0.1, 0.15) is 6.10 Å². The van der Waals surface area contributed by atoms with Crippen LogP contribution in [0.1, 0.15) is 29.5 Å². The van der Waals surface area contributed by atoms with E-state index in [-0.39, 0.29) is 17.8 Å². The van der Waals surface area contributed by atoms with Crippen molar-refractivity contribution >= 4 is 5.78 Å². The van der Waals surface area contributed by atoms with Gasteiger partial charge in [0.15, 0.2) is 0 Å². The summed E-state index contributed by atoms with van der Waals surface area (Å²) in [7, 11) is 2.00. The zero-order valence-electron chi connectivity index (χ0n) is 8.77. The highest BCUT2D eigenvalue weighted by Gasteiger charge is 2.25. The number of ketones is 1. The quantitative estimate of drug-likeness (QED) is 0.654. The summed E-state index contributed by atoms with van der Waals surface area (Å²) in [4.78, 5) is 17.1. The number of ether oxygens (including phenoxy) is 1. The maximum Gasteiger partial charge on any atom is 0.293 e. The predicted octanol–water partition coefficient (Wildman–Crippen LogP) is 0.275. The standard InChI is InChI=1S/C9H13N3O3/c1-6(13)9-10-8(11-15-9)7-5-12(2)3-4-14-7/h7H,3-5H2,1-2H3. The number of Topliss-reactive ketones (excluding diaryl/α,β-unsaturated/α-hetero) is 1. The van der Waals surface area contributed by atoms with Crippen molar-refractivity contribution in [3.8, 4) is 0 Å². The monoisotopic (exact) mass is 211 g/mol. The fraction of sp³-hybridized carbons (Fsp3) is 0.667. The summed E-state index contributed by atoms with van der Waals surface area (Å²) < 4.78 is 10.3. The minimum atomic E-state index is -0.224. The van der Waals surface area contributed by atoms with Crippen LogP contribution in [-0.4, -0.2) is 47.6 Å². The van der Waals surface area contributed by atoms with Crippen LogP contribution in [0.15, 0.2) is 4.52 Å². The molecule has 15 heavy (non-hydrogen) atoms. The molecule has 0 spiro atoms. The Labute approximate surface area is 87.2 Å². The number of carbonyl (C=O) groups excluding carboxylic acids is 1. The number of aromatic nitrogens is 2. The number of morpholine rings is 1. The molecular weight excluding hydrogens is 198 g/mol. The third kappa shape index (κ3) is 2.21. The Balaban J connectivity index is 2.11. The van der Waals surface area contributed by atoms with Crippen LogP contribution in [0.25, 0.3) is 0 Å². The molecule has 1 aliphatic rings. The fourth-order valence-electron chi connectivity index (χ4n) is 1.44. The zero-order chi connectivity index (χ0) is 10.8. The minimum absolute atomic E-state index is 0.0434. The van der Waals surface area contributed by atoms with E-state index in [1.54, 1.807) is 0 Å². The van der Waals surface area contributed by atoms with Crippen molar-refractivity contribution in [2.75, 3.05) is 26.7 Å². The molecule has 1 fully saturated rings. The molecule has 0 amide bonds. The smallest absolute Gasteiger partial charge is 0.293 e. The molecule has 1 aromatic heterocycles. The molecule has 6 nitrogen and oxygen atoms in total. The minimum Gasteiger partial charge on any atom is -0.367 e.